The fourth-order valence-corrected chi connectivity index (χ4v) is 2.02. The monoisotopic (exact) mass is 304 g/mol. The van der Waals surface area contributed by atoms with Gasteiger partial charge in [-0.15, -0.1) is 0 Å². The second-order valence-electron chi connectivity index (χ2n) is 4.37. The maximum Gasteiger partial charge on any atom is 0.271 e. The molecule has 0 aliphatic heterocycles. The normalized spacial score (nSPS) is 11.3. The molecule has 0 saturated carbocycles. The largest absolute Gasteiger partial charge is 0.271 e. The van der Waals surface area contributed by atoms with E-state index in [4.69, 9.17) is 11.6 Å². The standard InChI is InChI=1S/C16H14ClFN2O/c1-2-15(11-5-3-7-13(17)9-11)19-20-16(21)12-6-4-8-14(18)10-12/h3-10H,2H2,1H3,(H,20,21). The number of hydrogen-bond donors (Lipinski definition) is 1. The third-order valence-corrected chi connectivity index (χ3v) is 3.11. The average molecular weight is 305 g/mol. The molecule has 0 aromatic heterocycles. The van der Waals surface area contributed by atoms with Crippen molar-refractivity contribution in [3.8, 4) is 0 Å². The smallest absolute Gasteiger partial charge is 0.267 e. The molecule has 0 aliphatic carbocycles. The predicted molar refractivity (Wildman–Crippen MR) is 82.1 cm³/mol. The molecule has 0 saturated heterocycles. The van der Waals surface area contributed by atoms with Crippen LogP contribution in [-0.2, 0) is 0 Å². The number of hydrogen-bond acceptors (Lipinski definition) is 2. The van der Waals surface area contributed by atoms with Gasteiger partial charge in [-0.05, 0) is 42.3 Å². The highest BCUT2D eigenvalue weighted by Crippen LogP contribution is 2.13. The molecule has 108 valence electrons. The Morgan fingerprint density at radius 3 is 2.57 bits per heavy atom. The van der Waals surface area contributed by atoms with E-state index in [2.05, 4.69) is 10.5 Å². The van der Waals surface area contributed by atoms with Crippen LogP contribution in [0.5, 0.6) is 0 Å². The van der Waals surface area contributed by atoms with E-state index >= 15 is 0 Å². The number of nitrogens with zero attached hydrogens (tertiary/aromatic N) is 1. The molecule has 2 aromatic carbocycles. The van der Waals surface area contributed by atoms with Crippen LogP contribution in [0.25, 0.3) is 0 Å². The summed E-state index contributed by atoms with van der Waals surface area (Å²) in [6.45, 7) is 1.92. The minimum Gasteiger partial charge on any atom is -0.267 e. The first-order valence-electron chi connectivity index (χ1n) is 6.48. The number of benzene rings is 2. The van der Waals surface area contributed by atoms with E-state index in [-0.39, 0.29) is 5.56 Å². The molecule has 0 atom stereocenters. The summed E-state index contributed by atoms with van der Waals surface area (Å²) in [6.07, 6.45) is 0.629. The Bertz CT molecular complexity index is 685. The molecule has 0 spiro atoms. The number of carbonyl (C=O) groups is 1. The third kappa shape index (κ3) is 4.13. The maximum absolute atomic E-state index is 13.1. The van der Waals surface area contributed by atoms with Gasteiger partial charge in [0.15, 0.2) is 0 Å². The molecule has 0 bridgehead atoms. The lowest BCUT2D eigenvalue weighted by Crippen LogP contribution is -2.20. The molecule has 0 fully saturated rings. The van der Waals surface area contributed by atoms with Crippen LogP contribution in [0.2, 0.25) is 5.02 Å². The van der Waals surface area contributed by atoms with Crippen LogP contribution in [0, 0.1) is 5.82 Å². The maximum atomic E-state index is 13.1. The highest BCUT2D eigenvalue weighted by molar-refractivity contribution is 6.31. The van der Waals surface area contributed by atoms with Crippen LogP contribution >= 0.6 is 11.6 Å². The van der Waals surface area contributed by atoms with E-state index in [1.54, 1.807) is 12.1 Å². The summed E-state index contributed by atoms with van der Waals surface area (Å²) in [5.74, 6) is -0.917. The summed E-state index contributed by atoms with van der Waals surface area (Å²) in [4.78, 5) is 11.9. The molecule has 0 aliphatic rings. The van der Waals surface area contributed by atoms with Crippen LogP contribution in [-0.4, -0.2) is 11.6 Å². The molecule has 21 heavy (non-hydrogen) atoms. The van der Waals surface area contributed by atoms with Gasteiger partial charge in [0.25, 0.3) is 5.91 Å². The van der Waals surface area contributed by atoms with Crippen LogP contribution in [0.15, 0.2) is 53.6 Å². The first-order chi connectivity index (χ1) is 10.1. The summed E-state index contributed by atoms with van der Waals surface area (Å²) in [5.41, 5.74) is 4.19. The van der Waals surface area contributed by atoms with Gasteiger partial charge in [0.05, 0.1) is 5.71 Å². The minimum absolute atomic E-state index is 0.222. The van der Waals surface area contributed by atoms with Gasteiger partial charge in [0.2, 0.25) is 0 Å². The molecule has 0 unspecified atom stereocenters. The van der Waals surface area contributed by atoms with Crippen LogP contribution in [0.4, 0.5) is 4.39 Å². The fourth-order valence-electron chi connectivity index (χ4n) is 1.83. The molecule has 0 heterocycles. The van der Waals surface area contributed by atoms with E-state index in [1.807, 2.05) is 19.1 Å². The van der Waals surface area contributed by atoms with Gasteiger partial charge in [-0.2, -0.15) is 5.10 Å². The molecule has 1 N–H and O–H groups in total. The topological polar surface area (TPSA) is 41.5 Å². The number of hydrazone groups is 1. The van der Waals surface area contributed by atoms with Crippen molar-refractivity contribution >= 4 is 23.2 Å². The Morgan fingerprint density at radius 2 is 1.90 bits per heavy atom. The van der Waals surface area contributed by atoms with E-state index in [0.29, 0.717) is 17.2 Å². The molecular formula is C16H14ClFN2O. The zero-order valence-corrected chi connectivity index (χ0v) is 12.2. The first-order valence-corrected chi connectivity index (χ1v) is 6.86. The predicted octanol–water partition coefficient (Wildman–Crippen LogP) is 4.02. The van der Waals surface area contributed by atoms with Gasteiger partial charge in [-0.1, -0.05) is 36.7 Å². The van der Waals surface area contributed by atoms with Crippen LogP contribution < -0.4 is 5.43 Å². The van der Waals surface area contributed by atoms with Crippen molar-refractivity contribution in [3.63, 3.8) is 0 Å². The van der Waals surface area contributed by atoms with Crippen molar-refractivity contribution in [3.05, 3.63) is 70.5 Å². The third-order valence-electron chi connectivity index (χ3n) is 2.87. The van der Waals surface area contributed by atoms with Crippen molar-refractivity contribution in [1.82, 2.24) is 5.43 Å². The Hall–Kier alpha value is -2.20. The summed E-state index contributed by atoms with van der Waals surface area (Å²) in [6, 6.07) is 12.7. The molecule has 3 nitrogen and oxygen atoms in total. The van der Waals surface area contributed by atoms with Crippen LogP contribution in [0.1, 0.15) is 29.3 Å². The SMILES string of the molecule is CCC(=NNC(=O)c1cccc(F)c1)c1cccc(Cl)c1. The zero-order chi connectivity index (χ0) is 15.2. The molecule has 2 aromatic rings. The van der Waals surface area contributed by atoms with Crippen molar-refractivity contribution in [1.29, 1.82) is 0 Å². The lowest BCUT2D eigenvalue weighted by molar-refractivity contribution is 0.0954. The van der Waals surface area contributed by atoms with Gasteiger partial charge in [-0.3, -0.25) is 4.79 Å². The van der Waals surface area contributed by atoms with E-state index in [0.717, 1.165) is 11.6 Å². The Morgan fingerprint density at radius 1 is 1.19 bits per heavy atom. The summed E-state index contributed by atoms with van der Waals surface area (Å²) < 4.78 is 13.1. The minimum atomic E-state index is -0.461. The highest BCUT2D eigenvalue weighted by Gasteiger charge is 2.07. The Kier molecular flexibility index (Phi) is 5.06. The first kappa shape index (κ1) is 15.2. The lowest BCUT2D eigenvalue weighted by atomic mass is 10.1. The van der Waals surface area contributed by atoms with E-state index in [9.17, 15) is 9.18 Å². The summed E-state index contributed by atoms with van der Waals surface area (Å²) in [7, 11) is 0. The molecule has 5 heteroatoms. The van der Waals surface area contributed by atoms with Gasteiger partial charge >= 0.3 is 0 Å². The number of nitrogens with one attached hydrogen (secondary N) is 1. The average Bonchev–Trinajstić information content (AvgIpc) is 2.48. The van der Waals surface area contributed by atoms with Gasteiger partial charge in [0.1, 0.15) is 5.82 Å². The quantitative estimate of drug-likeness (QED) is 0.672. The van der Waals surface area contributed by atoms with E-state index in [1.165, 1.54) is 18.2 Å². The molecule has 1 amide bonds. The van der Waals surface area contributed by atoms with Crippen molar-refractivity contribution in [2.75, 3.05) is 0 Å². The molecule has 0 radical (unpaired) electrons. The van der Waals surface area contributed by atoms with Gasteiger partial charge in [-0.25, -0.2) is 9.82 Å². The van der Waals surface area contributed by atoms with Crippen LogP contribution in [0.3, 0.4) is 0 Å². The van der Waals surface area contributed by atoms with Gasteiger partial charge in [0, 0.05) is 10.6 Å². The molecular weight excluding hydrogens is 291 g/mol. The Balaban J connectivity index is 2.16. The number of amides is 1. The second-order valence-corrected chi connectivity index (χ2v) is 4.81. The van der Waals surface area contributed by atoms with Gasteiger partial charge < -0.3 is 0 Å². The number of carbonyl (C=O) groups excluding carboxylic acids is 1. The van der Waals surface area contributed by atoms with Crippen molar-refractivity contribution in [2.24, 2.45) is 5.10 Å². The summed E-state index contributed by atoms with van der Waals surface area (Å²) >= 11 is 5.94. The van der Waals surface area contributed by atoms with E-state index < -0.39 is 11.7 Å². The molecule has 2 rings (SSSR count). The van der Waals surface area contributed by atoms with Crippen molar-refractivity contribution < 1.29 is 9.18 Å². The number of rotatable bonds is 4. The highest BCUT2D eigenvalue weighted by atomic mass is 35.5. The number of halogens is 2. The zero-order valence-electron chi connectivity index (χ0n) is 11.4. The summed E-state index contributed by atoms with van der Waals surface area (Å²) in [5, 5.41) is 4.70. The van der Waals surface area contributed by atoms with Crippen molar-refractivity contribution in [2.45, 2.75) is 13.3 Å². The fraction of sp³-hybridized carbons (Fsp3) is 0.125. The Labute approximate surface area is 127 Å². The lowest BCUT2D eigenvalue weighted by Gasteiger charge is -2.06. The second kappa shape index (κ2) is 6.99.